The summed E-state index contributed by atoms with van der Waals surface area (Å²) in [7, 11) is 0. The van der Waals surface area contributed by atoms with E-state index in [1.165, 1.54) is 13.1 Å². The van der Waals surface area contributed by atoms with Gasteiger partial charge in [-0.25, -0.2) is 9.97 Å². The number of aromatic amines is 1. The SMILES string of the molecule is CC(=O)OCC[C@H](Oc1nc(-c2ncccc2Cl)nc2[nH]ncc12)C(=O)Nc1ccc(C)cn1. The number of rotatable bonds is 8. The molecule has 1 amide bonds. The number of nitrogens with zero attached hydrogens (tertiary/aromatic N) is 5. The summed E-state index contributed by atoms with van der Waals surface area (Å²) in [5.74, 6) is -0.317. The summed E-state index contributed by atoms with van der Waals surface area (Å²) in [6, 6.07) is 6.84. The van der Waals surface area contributed by atoms with E-state index in [9.17, 15) is 9.59 Å². The number of halogens is 1. The van der Waals surface area contributed by atoms with Gasteiger partial charge >= 0.3 is 5.97 Å². The summed E-state index contributed by atoms with van der Waals surface area (Å²) in [4.78, 5) is 41.5. The van der Waals surface area contributed by atoms with Crippen LogP contribution in [0.2, 0.25) is 5.02 Å². The predicted octanol–water partition coefficient (Wildman–Crippen LogP) is 3.11. The van der Waals surface area contributed by atoms with Crippen LogP contribution in [0.3, 0.4) is 0 Å². The van der Waals surface area contributed by atoms with E-state index in [2.05, 4.69) is 35.5 Å². The van der Waals surface area contributed by atoms with Crippen LogP contribution in [0.4, 0.5) is 5.82 Å². The maximum atomic E-state index is 13.0. The predicted molar refractivity (Wildman–Crippen MR) is 123 cm³/mol. The highest BCUT2D eigenvalue weighted by atomic mass is 35.5. The second kappa shape index (κ2) is 10.2. The maximum absolute atomic E-state index is 13.0. The summed E-state index contributed by atoms with van der Waals surface area (Å²) >= 11 is 6.26. The molecule has 0 aliphatic rings. The first-order valence-electron chi connectivity index (χ1n) is 10.3. The lowest BCUT2D eigenvalue weighted by Gasteiger charge is -2.18. The number of anilines is 1. The first-order valence-corrected chi connectivity index (χ1v) is 10.6. The zero-order valence-electron chi connectivity index (χ0n) is 18.3. The van der Waals surface area contributed by atoms with E-state index >= 15 is 0 Å². The van der Waals surface area contributed by atoms with Gasteiger partial charge in [-0.2, -0.15) is 10.1 Å². The molecule has 0 bridgehead atoms. The van der Waals surface area contributed by atoms with Crippen LogP contribution in [0.5, 0.6) is 5.88 Å². The Labute approximate surface area is 198 Å². The van der Waals surface area contributed by atoms with Crippen molar-refractivity contribution >= 4 is 40.3 Å². The zero-order chi connectivity index (χ0) is 24.1. The van der Waals surface area contributed by atoms with Crippen molar-refractivity contribution in [1.82, 2.24) is 30.1 Å². The molecule has 34 heavy (non-hydrogen) atoms. The summed E-state index contributed by atoms with van der Waals surface area (Å²) in [6.07, 6.45) is 3.68. The lowest BCUT2D eigenvalue weighted by molar-refractivity contribution is -0.142. The van der Waals surface area contributed by atoms with Crippen molar-refractivity contribution in [1.29, 1.82) is 0 Å². The highest BCUT2D eigenvalue weighted by Gasteiger charge is 2.25. The number of carbonyl (C=O) groups excluding carboxylic acids is 2. The van der Waals surface area contributed by atoms with Gasteiger partial charge in [0.05, 0.1) is 17.8 Å². The van der Waals surface area contributed by atoms with Gasteiger partial charge in [0.1, 0.15) is 16.9 Å². The summed E-state index contributed by atoms with van der Waals surface area (Å²) in [6.45, 7) is 3.14. The highest BCUT2D eigenvalue weighted by molar-refractivity contribution is 6.32. The third-order valence-electron chi connectivity index (χ3n) is 4.64. The van der Waals surface area contributed by atoms with Crippen LogP contribution in [0.1, 0.15) is 18.9 Å². The zero-order valence-corrected chi connectivity index (χ0v) is 19.0. The quantitative estimate of drug-likeness (QED) is 0.362. The number of amides is 1. The van der Waals surface area contributed by atoms with Crippen molar-refractivity contribution in [3.05, 3.63) is 53.4 Å². The van der Waals surface area contributed by atoms with Crippen molar-refractivity contribution in [2.45, 2.75) is 26.4 Å². The van der Waals surface area contributed by atoms with Gasteiger partial charge in [0.2, 0.25) is 5.88 Å². The molecule has 4 rings (SSSR count). The Morgan fingerprint density at radius 3 is 2.76 bits per heavy atom. The monoisotopic (exact) mass is 481 g/mol. The van der Waals surface area contributed by atoms with Crippen molar-refractivity contribution in [3.8, 4) is 17.4 Å². The largest absolute Gasteiger partial charge is 0.466 e. The number of fused-ring (bicyclic) bond motifs is 1. The van der Waals surface area contributed by atoms with Crippen LogP contribution in [-0.4, -0.2) is 54.7 Å². The molecule has 0 aliphatic heterocycles. The number of aromatic nitrogens is 6. The van der Waals surface area contributed by atoms with E-state index in [1.807, 2.05) is 13.0 Å². The fraction of sp³-hybridized carbons (Fsp3) is 0.227. The first-order chi connectivity index (χ1) is 16.4. The molecule has 0 saturated carbocycles. The van der Waals surface area contributed by atoms with Gasteiger partial charge in [0.25, 0.3) is 5.91 Å². The summed E-state index contributed by atoms with van der Waals surface area (Å²) < 4.78 is 11.0. The molecule has 0 fully saturated rings. The van der Waals surface area contributed by atoms with Crippen LogP contribution in [0.15, 0.2) is 42.9 Å². The molecule has 1 atom stereocenters. The van der Waals surface area contributed by atoms with E-state index in [4.69, 9.17) is 21.1 Å². The van der Waals surface area contributed by atoms with Crippen LogP contribution in [-0.2, 0) is 14.3 Å². The van der Waals surface area contributed by atoms with E-state index in [0.29, 0.717) is 27.6 Å². The molecule has 174 valence electrons. The number of H-pyrrole nitrogens is 1. The number of hydrogen-bond donors (Lipinski definition) is 2. The van der Waals surface area contributed by atoms with E-state index < -0.39 is 18.0 Å². The number of esters is 1. The van der Waals surface area contributed by atoms with Gasteiger partial charge < -0.3 is 14.8 Å². The number of nitrogens with one attached hydrogen (secondary N) is 2. The minimum atomic E-state index is -1.07. The van der Waals surface area contributed by atoms with Gasteiger partial charge in [0.15, 0.2) is 17.6 Å². The average molecular weight is 482 g/mol. The van der Waals surface area contributed by atoms with Crippen LogP contribution in [0, 0.1) is 6.92 Å². The number of carbonyl (C=O) groups is 2. The Hall–Kier alpha value is -4.12. The van der Waals surface area contributed by atoms with Crippen LogP contribution >= 0.6 is 11.6 Å². The molecule has 0 saturated heterocycles. The molecule has 0 unspecified atom stereocenters. The molecule has 0 spiro atoms. The van der Waals surface area contributed by atoms with E-state index in [0.717, 1.165) is 5.56 Å². The Morgan fingerprint density at radius 2 is 2.03 bits per heavy atom. The Kier molecular flexibility index (Phi) is 6.93. The maximum Gasteiger partial charge on any atom is 0.302 e. The smallest absolute Gasteiger partial charge is 0.302 e. The Balaban J connectivity index is 1.65. The molecular formula is C22H20ClN7O4. The second-order valence-corrected chi connectivity index (χ2v) is 7.67. The minimum Gasteiger partial charge on any atom is -0.466 e. The Morgan fingerprint density at radius 1 is 1.18 bits per heavy atom. The minimum absolute atomic E-state index is 0.0344. The molecule has 0 aromatic carbocycles. The van der Waals surface area contributed by atoms with Gasteiger partial charge in [-0.15, -0.1) is 0 Å². The van der Waals surface area contributed by atoms with Crippen molar-refractivity contribution in [3.63, 3.8) is 0 Å². The molecule has 11 nitrogen and oxygen atoms in total. The standard InChI is InChI=1S/C22H20ClN7O4/c1-12-5-6-17(25-10-12)27-21(32)16(7-9-33-13(2)31)34-22-14-11-26-30-19(14)28-20(29-22)18-15(23)4-3-8-24-18/h3-6,8,10-11,16H,7,9H2,1-2H3,(H,25,27,32)(H,26,28,29,30)/t16-/m0/s1. The van der Waals surface area contributed by atoms with Gasteiger partial charge in [0, 0.05) is 25.7 Å². The lowest BCUT2D eigenvalue weighted by Crippen LogP contribution is -2.35. The van der Waals surface area contributed by atoms with Crippen LogP contribution in [0.25, 0.3) is 22.6 Å². The second-order valence-electron chi connectivity index (χ2n) is 7.26. The summed E-state index contributed by atoms with van der Waals surface area (Å²) in [5.41, 5.74) is 1.67. The van der Waals surface area contributed by atoms with Gasteiger partial charge in [-0.05, 0) is 30.7 Å². The molecular weight excluding hydrogens is 462 g/mol. The number of pyridine rings is 2. The third kappa shape index (κ3) is 5.44. The Bertz CT molecular complexity index is 1330. The highest BCUT2D eigenvalue weighted by Crippen LogP contribution is 2.29. The molecule has 12 heteroatoms. The molecule has 4 aromatic rings. The normalized spacial score (nSPS) is 11.7. The average Bonchev–Trinajstić information content (AvgIpc) is 3.29. The molecule has 4 heterocycles. The number of ether oxygens (including phenoxy) is 2. The van der Waals surface area contributed by atoms with Gasteiger partial charge in [-0.3, -0.25) is 19.7 Å². The number of aryl methyl sites for hydroxylation is 1. The fourth-order valence-corrected chi connectivity index (χ4v) is 3.20. The third-order valence-corrected chi connectivity index (χ3v) is 4.94. The number of hydrogen-bond acceptors (Lipinski definition) is 9. The van der Waals surface area contributed by atoms with Gasteiger partial charge in [-0.1, -0.05) is 17.7 Å². The summed E-state index contributed by atoms with van der Waals surface area (Å²) in [5, 5.41) is 10.3. The topological polar surface area (TPSA) is 145 Å². The van der Waals surface area contributed by atoms with E-state index in [-0.39, 0.29) is 24.7 Å². The van der Waals surface area contributed by atoms with Crippen molar-refractivity contribution < 1.29 is 19.1 Å². The van der Waals surface area contributed by atoms with Crippen LogP contribution < -0.4 is 10.1 Å². The van der Waals surface area contributed by atoms with E-state index in [1.54, 1.807) is 30.6 Å². The first kappa shape index (κ1) is 23.1. The van der Waals surface area contributed by atoms with Crippen molar-refractivity contribution in [2.75, 3.05) is 11.9 Å². The lowest BCUT2D eigenvalue weighted by atomic mass is 10.2. The fourth-order valence-electron chi connectivity index (χ4n) is 2.99. The molecule has 4 aromatic heterocycles. The molecule has 0 aliphatic carbocycles. The molecule has 0 radical (unpaired) electrons. The molecule has 2 N–H and O–H groups in total. The van der Waals surface area contributed by atoms with Crippen molar-refractivity contribution in [2.24, 2.45) is 0 Å².